The molecule has 0 saturated heterocycles. The third-order valence-corrected chi connectivity index (χ3v) is 13.6. The lowest BCUT2D eigenvalue weighted by molar-refractivity contribution is 0.161. The summed E-state index contributed by atoms with van der Waals surface area (Å²) in [6.45, 7) is 20.5. The average Bonchev–Trinajstić information content (AvgIpc) is 3.65. The van der Waals surface area contributed by atoms with Gasteiger partial charge in [0.1, 0.15) is 12.3 Å². The molecule has 6 aromatic rings. The normalized spacial score (nSPS) is 17.0. The Morgan fingerprint density at radius 3 is 1.13 bits per heavy atom. The van der Waals surface area contributed by atoms with Crippen LogP contribution in [0.2, 0.25) is 0 Å². The molecule has 0 amide bonds. The summed E-state index contributed by atoms with van der Waals surface area (Å²) in [6.07, 6.45) is 0.274. The highest BCUT2D eigenvalue weighted by atomic mass is 15.4. The van der Waals surface area contributed by atoms with Crippen molar-refractivity contribution < 1.29 is 0 Å². The van der Waals surface area contributed by atoms with Crippen molar-refractivity contribution in [2.45, 2.75) is 74.6 Å². The zero-order chi connectivity index (χ0) is 42.7. The molecule has 0 bridgehead atoms. The van der Waals surface area contributed by atoms with Crippen LogP contribution in [0.3, 0.4) is 0 Å². The fourth-order valence-corrected chi connectivity index (χ4v) is 10.9. The maximum atomic E-state index is 2.51. The van der Waals surface area contributed by atoms with Crippen LogP contribution in [0, 0.1) is 54.4 Å². The van der Waals surface area contributed by atoms with E-state index in [0.29, 0.717) is 5.92 Å². The van der Waals surface area contributed by atoms with Gasteiger partial charge in [0.15, 0.2) is 0 Å². The number of hydrogen-bond donors (Lipinski definition) is 0. The highest BCUT2D eigenvalue weighted by Crippen LogP contribution is 2.49. The van der Waals surface area contributed by atoms with Gasteiger partial charge in [0, 0.05) is 50.4 Å². The molecule has 2 unspecified atom stereocenters. The van der Waals surface area contributed by atoms with E-state index in [4.69, 9.17) is 0 Å². The molecule has 0 N–H and O–H groups in total. The topological polar surface area (TPSA) is 13.0 Å². The Bertz CT molecular complexity index is 2630. The van der Waals surface area contributed by atoms with E-state index in [9.17, 15) is 0 Å². The SMILES string of the molecule is Cc1cc(C)c(-c2ccc(-c3c(C)cc(C)c(C4N(C)C(c5ccccc5)=C(c5ccc(C6=C(c7ccccc7)N(C)C(C(C)C)N6C)cc5)N4C)c3C)cc2)c(C)c1C. The van der Waals surface area contributed by atoms with Crippen molar-refractivity contribution in [3.63, 3.8) is 0 Å². The van der Waals surface area contributed by atoms with Crippen LogP contribution in [0.25, 0.3) is 45.0 Å². The summed E-state index contributed by atoms with van der Waals surface area (Å²) >= 11 is 0. The smallest absolute Gasteiger partial charge is 0.128 e. The average molecular weight is 791 g/mol. The highest BCUT2D eigenvalue weighted by molar-refractivity contribution is 5.94. The third kappa shape index (κ3) is 6.71. The van der Waals surface area contributed by atoms with Crippen LogP contribution in [0.4, 0.5) is 0 Å². The Labute approximate surface area is 360 Å². The summed E-state index contributed by atoms with van der Waals surface area (Å²) in [5, 5.41) is 0. The van der Waals surface area contributed by atoms with Crippen LogP contribution < -0.4 is 0 Å². The van der Waals surface area contributed by atoms with Gasteiger partial charge in [-0.1, -0.05) is 135 Å². The van der Waals surface area contributed by atoms with Gasteiger partial charge in [0.2, 0.25) is 0 Å². The van der Waals surface area contributed by atoms with Gasteiger partial charge in [0.25, 0.3) is 0 Å². The van der Waals surface area contributed by atoms with Crippen LogP contribution >= 0.6 is 0 Å². The standard InChI is InChI=1S/C56H62N4/c1-34(2)55-57(10)51(44-20-16-14-17-21-44)53(58(55)11)46-28-30-47(31-29-46)54-52(45-22-18-15-19-23-45)59(12)56(60(54)13)50-38(6)33-37(5)49(41(50)9)43-26-24-42(25-27-43)48-36(4)32-35(3)39(7)40(48)8/h14-34,55-56H,1-13H3. The van der Waals surface area contributed by atoms with E-state index in [-0.39, 0.29) is 12.3 Å². The minimum atomic E-state index is 0.00291. The van der Waals surface area contributed by atoms with Gasteiger partial charge in [-0.25, -0.2) is 0 Å². The van der Waals surface area contributed by atoms with Crippen molar-refractivity contribution in [2.24, 2.45) is 5.92 Å². The van der Waals surface area contributed by atoms with E-state index >= 15 is 0 Å². The minimum absolute atomic E-state index is 0.00291. The third-order valence-electron chi connectivity index (χ3n) is 13.6. The molecule has 0 saturated carbocycles. The van der Waals surface area contributed by atoms with Crippen LogP contribution in [-0.2, 0) is 0 Å². The summed E-state index contributed by atoms with van der Waals surface area (Å²) in [5.41, 5.74) is 25.9. The first kappa shape index (κ1) is 40.8. The molecule has 0 radical (unpaired) electrons. The molecule has 306 valence electrons. The second-order valence-electron chi connectivity index (χ2n) is 17.8. The monoisotopic (exact) mass is 790 g/mol. The Morgan fingerprint density at radius 1 is 0.367 bits per heavy atom. The Kier molecular flexibility index (Phi) is 10.8. The van der Waals surface area contributed by atoms with Crippen LogP contribution in [-0.4, -0.2) is 54.0 Å². The number of nitrogens with zero attached hydrogens (tertiary/aromatic N) is 4. The molecule has 2 atom stereocenters. The van der Waals surface area contributed by atoms with E-state index in [2.05, 4.69) is 231 Å². The highest BCUT2D eigenvalue weighted by Gasteiger charge is 2.40. The second kappa shape index (κ2) is 15.9. The predicted octanol–water partition coefficient (Wildman–Crippen LogP) is 13.3. The molecule has 60 heavy (non-hydrogen) atoms. The van der Waals surface area contributed by atoms with E-state index in [1.165, 1.54) is 112 Å². The van der Waals surface area contributed by atoms with Crippen LogP contribution in [0.15, 0.2) is 121 Å². The fourth-order valence-electron chi connectivity index (χ4n) is 10.9. The molecule has 4 nitrogen and oxygen atoms in total. The van der Waals surface area contributed by atoms with Crippen molar-refractivity contribution in [1.29, 1.82) is 0 Å². The molecule has 0 fully saturated rings. The molecule has 2 aliphatic heterocycles. The number of aryl methyl sites for hydroxylation is 4. The van der Waals surface area contributed by atoms with Crippen molar-refractivity contribution in [3.8, 4) is 22.3 Å². The number of rotatable bonds is 8. The van der Waals surface area contributed by atoms with Crippen molar-refractivity contribution in [3.05, 3.63) is 188 Å². The van der Waals surface area contributed by atoms with E-state index < -0.39 is 0 Å². The lowest BCUT2D eigenvalue weighted by Gasteiger charge is -2.34. The van der Waals surface area contributed by atoms with Gasteiger partial charge in [0.05, 0.1) is 22.8 Å². The van der Waals surface area contributed by atoms with Gasteiger partial charge in [-0.05, 0) is 121 Å². The van der Waals surface area contributed by atoms with Gasteiger partial charge >= 0.3 is 0 Å². The summed E-state index contributed by atoms with van der Waals surface area (Å²) in [6, 6.07) is 45.2. The Balaban J connectivity index is 1.21. The fraction of sp³-hybridized carbons (Fsp3) is 0.286. The van der Waals surface area contributed by atoms with E-state index in [1.807, 2.05) is 0 Å². The molecular weight excluding hydrogens is 729 g/mol. The molecule has 2 aliphatic rings. The van der Waals surface area contributed by atoms with Gasteiger partial charge in [-0.15, -0.1) is 0 Å². The largest absolute Gasteiger partial charge is 0.352 e. The Hall–Kier alpha value is -6.00. The molecule has 2 heterocycles. The van der Waals surface area contributed by atoms with E-state index in [1.54, 1.807) is 0 Å². The van der Waals surface area contributed by atoms with Crippen molar-refractivity contribution in [1.82, 2.24) is 19.6 Å². The molecular formula is C56H62N4. The molecule has 0 aromatic heterocycles. The molecule has 0 aliphatic carbocycles. The zero-order valence-corrected chi connectivity index (χ0v) is 38.1. The van der Waals surface area contributed by atoms with Crippen molar-refractivity contribution in [2.75, 3.05) is 28.2 Å². The maximum Gasteiger partial charge on any atom is 0.128 e. The van der Waals surface area contributed by atoms with Crippen LogP contribution in [0.5, 0.6) is 0 Å². The molecule has 4 heteroatoms. The summed E-state index contributed by atoms with van der Waals surface area (Å²) < 4.78 is 0. The summed E-state index contributed by atoms with van der Waals surface area (Å²) in [5.74, 6) is 0.457. The minimum Gasteiger partial charge on any atom is -0.352 e. The molecule has 8 rings (SSSR count). The number of benzene rings is 6. The van der Waals surface area contributed by atoms with Gasteiger partial charge < -0.3 is 19.6 Å². The molecule has 6 aromatic carbocycles. The number of hydrogen-bond acceptors (Lipinski definition) is 4. The Morgan fingerprint density at radius 2 is 0.717 bits per heavy atom. The second-order valence-corrected chi connectivity index (χ2v) is 17.8. The first-order valence-corrected chi connectivity index (χ1v) is 21.6. The lowest BCUT2D eigenvalue weighted by Crippen LogP contribution is -2.40. The lowest BCUT2D eigenvalue weighted by atomic mass is 9.86. The quantitative estimate of drug-likeness (QED) is 0.152. The van der Waals surface area contributed by atoms with Gasteiger partial charge in [-0.3, -0.25) is 0 Å². The predicted molar refractivity (Wildman–Crippen MR) is 256 cm³/mol. The maximum absolute atomic E-state index is 2.51. The first-order valence-electron chi connectivity index (χ1n) is 21.6. The first-order chi connectivity index (χ1) is 28.7. The van der Waals surface area contributed by atoms with Crippen LogP contribution in [0.1, 0.15) is 86.8 Å². The van der Waals surface area contributed by atoms with E-state index in [0.717, 1.165) is 0 Å². The summed E-state index contributed by atoms with van der Waals surface area (Å²) in [7, 11) is 9.06. The van der Waals surface area contributed by atoms with Gasteiger partial charge in [-0.2, -0.15) is 0 Å². The molecule has 0 spiro atoms. The van der Waals surface area contributed by atoms with Crippen molar-refractivity contribution >= 4 is 22.8 Å². The summed E-state index contributed by atoms with van der Waals surface area (Å²) in [4.78, 5) is 9.95. The zero-order valence-electron chi connectivity index (χ0n) is 38.1.